The van der Waals surface area contributed by atoms with Gasteiger partial charge in [0.05, 0.1) is 12.8 Å². The highest BCUT2D eigenvalue weighted by molar-refractivity contribution is 6.46. The van der Waals surface area contributed by atoms with Gasteiger partial charge in [-0.3, -0.25) is 19.8 Å². The van der Waals surface area contributed by atoms with Crippen LogP contribution in [0.1, 0.15) is 17.3 Å². The molecule has 1 saturated heterocycles. The number of methoxy groups -OCH3 is 1. The molecule has 0 spiro atoms. The van der Waals surface area contributed by atoms with Gasteiger partial charge in [-0.1, -0.05) is 0 Å². The molecule has 0 aliphatic carbocycles. The average Bonchev–Trinajstić information content (AvgIpc) is 3.08. The molecular formula is C15H13N3O5. The zero-order chi connectivity index (χ0) is 16.7. The molecule has 8 nitrogen and oxygen atoms in total. The minimum atomic E-state index is -0.998. The maximum atomic E-state index is 12.6. The number of hydrazone groups is 1. The fourth-order valence-corrected chi connectivity index (χ4v) is 2.66. The smallest absolute Gasteiger partial charge is 0.355 e. The SMILES string of the molecule is COC(=O)C1=NN[C@H]2C(=O)N(c3ccc(C(C)=O)cc3)C(=O)[C@@H]12. The quantitative estimate of drug-likeness (QED) is 0.473. The van der Waals surface area contributed by atoms with Gasteiger partial charge in [-0.2, -0.15) is 5.10 Å². The van der Waals surface area contributed by atoms with Crippen LogP contribution in [0.4, 0.5) is 5.69 Å². The summed E-state index contributed by atoms with van der Waals surface area (Å²) in [7, 11) is 1.18. The van der Waals surface area contributed by atoms with Crippen LogP contribution in [0.15, 0.2) is 29.4 Å². The first-order chi connectivity index (χ1) is 11.0. The molecule has 2 heterocycles. The Labute approximate surface area is 131 Å². The van der Waals surface area contributed by atoms with Crippen LogP contribution in [-0.2, 0) is 19.1 Å². The second-order valence-electron chi connectivity index (χ2n) is 5.19. The molecule has 0 aromatic heterocycles. The average molecular weight is 315 g/mol. The molecule has 2 amide bonds. The second-order valence-corrected chi connectivity index (χ2v) is 5.19. The maximum absolute atomic E-state index is 12.6. The van der Waals surface area contributed by atoms with Crippen molar-refractivity contribution in [3.63, 3.8) is 0 Å². The van der Waals surface area contributed by atoms with Crippen molar-refractivity contribution in [3.05, 3.63) is 29.8 Å². The van der Waals surface area contributed by atoms with E-state index in [1.54, 1.807) is 0 Å². The molecule has 23 heavy (non-hydrogen) atoms. The molecule has 1 fully saturated rings. The number of hydrogen-bond donors (Lipinski definition) is 1. The van der Waals surface area contributed by atoms with Gasteiger partial charge < -0.3 is 4.74 Å². The molecule has 0 saturated carbocycles. The maximum Gasteiger partial charge on any atom is 0.355 e. The number of esters is 1. The molecule has 0 bridgehead atoms. The minimum absolute atomic E-state index is 0.112. The standard InChI is InChI=1S/C15H13N3O5/c1-7(19)8-3-5-9(6-4-8)18-13(20)10-11(14(18)21)16-17-12(10)15(22)23-2/h3-6,10-11,16H,1-2H3/t10-,11-/m1/s1. The summed E-state index contributed by atoms with van der Waals surface area (Å²) in [6.07, 6.45) is 0. The molecule has 2 aliphatic heterocycles. The summed E-state index contributed by atoms with van der Waals surface area (Å²) in [6, 6.07) is 5.19. The zero-order valence-electron chi connectivity index (χ0n) is 12.4. The van der Waals surface area contributed by atoms with E-state index < -0.39 is 29.7 Å². The molecule has 1 aromatic rings. The Kier molecular flexibility index (Phi) is 3.44. The highest BCUT2D eigenvalue weighted by Gasteiger charge is 2.55. The van der Waals surface area contributed by atoms with Crippen LogP contribution in [0.2, 0.25) is 0 Å². The third-order valence-electron chi connectivity index (χ3n) is 3.85. The molecule has 0 radical (unpaired) electrons. The molecule has 3 rings (SSSR count). The summed E-state index contributed by atoms with van der Waals surface area (Å²) in [5.41, 5.74) is 3.22. The van der Waals surface area contributed by atoms with E-state index in [9.17, 15) is 19.2 Å². The van der Waals surface area contributed by atoms with Crippen LogP contribution in [0, 0.1) is 5.92 Å². The first kappa shape index (κ1) is 14.9. The van der Waals surface area contributed by atoms with Gasteiger partial charge in [-0.05, 0) is 31.2 Å². The monoisotopic (exact) mass is 315 g/mol. The van der Waals surface area contributed by atoms with Gasteiger partial charge in [0.15, 0.2) is 11.5 Å². The third-order valence-corrected chi connectivity index (χ3v) is 3.85. The molecule has 1 aromatic carbocycles. The van der Waals surface area contributed by atoms with Crippen molar-refractivity contribution in [2.24, 2.45) is 11.0 Å². The Balaban J connectivity index is 1.92. The highest BCUT2D eigenvalue weighted by Crippen LogP contribution is 2.30. The van der Waals surface area contributed by atoms with Crippen molar-refractivity contribution < 1.29 is 23.9 Å². The predicted octanol–water partition coefficient (Wildman–Crippen LogP) is -0.121. The van der Waals surface area contributed by atoms with Crippen molar-refractivity contribution in [2.45, 2.75) is 13.0 Å². The van der Waals surface area contributed by atoms with E-state index in [0.717, 1.165) is 4.90 Å². The van der Waals surface area contributed by atoms with Gasteiger partial charge >= 0.3 is 5.97 Å². The van der Waals surface area contributed by atoms with E-state index in [1.165, 1.54) is 38.3 Å². The van der Waals surface area contributed by atoms with Crippen LogP contribution < -0.4 is 10.3 Å². The normalized spacial score (nSPS) is 22.5. The number of ether oxygens (including phenoxy) is 1. The minimum Gasteiger partial charge on any atom is -0.464 e. The zero-order valence-corrected chi connectivity index (χ0v) is 12.4. The lowest BCUT2D eigenvalue weighted by atomic mass is 9.99. The summed E-state index contributed by atoms with van der Waals surface area (Å²) >= 11 is 0. The lowest BCUT2D eigenvalue weighted by Crippen LogP contribution is -2.36. The Morgan fingerprint density at radius 2 is 1.83 bits per heavy atom. The van der Waals surface area contributed by atoms with E-state index in [1.807, 2.05) is 0 Å². The van der Waals surface area contributed by atoms with Gasteiger partial charge in [-0.25, -0.2) is 9.69 Å². The Morgan fingerprint density at radius 3 is 2.39 bits per heavy atom. The van der Waals surface area contributed by atoms with E-state index in [4.69, 9.17) is 0 Å². The first-order valence-corrected chi connectivity index (χ1v) is 6.86. The number of ketones is 1. The highest BCUT2D eigenvalue weighted by atomic mass is 16.5. The van der Waals surface area contributed by atoms with E-state index in [2.05, 4.69) is 15.3 Å². The third kappa shape index (κ3) is 2.19. The van der Waals surface area contributed by atoms with E-state index in [0.29, 0.717) is 11.3 Å². The molecule has 118 valence electrons. The number of nitrogens with one attached hydrogen (secondary N) is 1. The number of carbonyl (C=O) groups is 4. The Hall–Kier alpha value is -3.03. The molecule has 0 unspecified atom stereocenters. The number of Topliss-reactive ketones (excluding diaryl/α,β-unsaturated/α-hetero) is 1. The summed E-state index contributed by atoms with van der Waals surface area (Å²) in [5.74, 6) is -2.92. The molecule has 2 aliphatic rings. The van der Waals surface area contributed by atoms with Gasteiger partial charge in [0.1, 0.15) is 12.0 Å². The molecule has 8 heteroatoms. The number of benzene rings is 1. The van der Waals surface area contributed by atoms with Gasteiger partial charge in [-0.15, -0.1) is 0 Å². The van der Waals surface area contributed by atoms with Crippen LogP contribution in [0.5, 0.6) is 0 Å². The van der Waals surface area contributed by atoms with Crippen molar-refractivity contribution in [1.29, 1.82) is 0 Å². The van der Waals surface area contributed by atoms with Crippen molar-refractivity contribution in [1.82, 2.24) is 5.43 Å². The summed E-state index contributed by atoms with van der Waals surface area (Å²) in [5, 5.41) is 3.74. The topological polar surface area (TPSA) is 105 Å². The lowest BCUT2D eigenvalue weighted by Gasteiger charge is -2.15. The lowest BCUT2D eigenvalue weighted by molar-refractivity contribution is -0.133. The second kappa shape index (κ2) is 5.31. The summed E-state index contributed by atoms with van der Waals surface area (Å²) in [4.78, 5) is 48.9. The summed E-state index contributed by atoms with van der Waals surface area (Å²) < 4.78 is 4.58. The van der Waals surface area contributed by atoms with Crippen LogP contribution in [0.3, 0.4) is 0 Å². The Morgan fingerprint density at radius 1 is 1.17 bits per heavy atom. The number of hydrogen-bond acceptors (Lipinski definition) is 7. The largest absolute Gasteiger partial charge is 0.464 e. The molecular weight excluding hydrogens is 302 g/mol. The summed E-state index contributed by atoms with van der Waals surface area (Å²) in [6.45, 7) is 1.43. The number of fused-ring (bicyclic) bond motifs is 1. The number of imide groups is 1. The van der Waals surface area contributed by atoms with Crippen LogP contribution >= 0.6 is 0 Å². The van der Waals surface area contributed by atoms with Gasteiger partial charge in [0.2, 0.25) is 5.91 Å². The van der Waals surface area contributed by atoms with Crippen molar-refractivity contribution >= 4 is 35.0 Å². The fourth-order valence-electron chi connectivity index (χ4n) is 2.66. The molecule has 1 N–H and O–H groups in total. The molecule has 2 atom stereocenters. The van der Waals surface area contributed by atoms with Crippen molar-refractivity contribution in [3.8, 4) is 0 Å². The first-order valence-electron chi connectivity index (χ1n) is 6.86. The number of carbonyl (C=O) groups excluding carboxylic acids is 4. The van der Waals surface area contributed by atoms with E-state index in [-0.39, 0.29) is 11.5 Å². The number of amides is 2. The fraction of sp³-hybridized carbons (Fsp3) is 0.267. The van der Waals surface area contributed by atoms with E-state index >= 15 is 0 Å². The van der Waals surface area contributed by atoms with Gasteiger partial charge in [0, 0.05) is 5.56 Å². The van der Waals surface area contributed by atoms with Crippen molar-refractivity contribution in [2.75, 3.05) is 12.0 Å². The number of anilines is 1. The number of nitrogens with zero attached hydrogens (tertiary/aromatic N) is 2. The van der Waals surface area contributed by atoms with Crippen LogP contribution in [0.25, 0.3) is 0 Å². The van der Waals surface area contributed by atoms with Crippen LogP contribution in [-0.4, -0.2) is 42.4 Å². The van der Waals surface area contributed by atoms with Gasteiger partial charge in [0.25, 0.3) is 5.91 Å². The Bertz CT molecular complexity index is 753. The predicted molar refractivity (Wildman–Crippen MR) is 78.8 cm³/mol. The number of rotatable bonds is 3.